The molecule has 0 saturated heterocycles. The van der Waals surface area contributed by atoms with Gasteiger partial charge in [0.25, 0.3) is 5.91 Å². The molecule has 0 atom stereocenters. The largest absolute Gasteiger partial charge is 0.319 e. The standard InChI is InChI=1S/C12H6ClFN4OS/c13-7-1-2-9-11(18-20-17-9)10(7)16-12(19)6-3-4-15-5-8(6)14/h1-5H,(H,16,19). The second kappa shape index (κ2) is 5.10. The van der Waals surface area contributed by atoms with Crippen LogP contribution in [-0.2, 0) is 0 Å². The van der Waals surface area contributed by atoms with Crippen LogP contribution in [0.4, 0.5) is 10.1 Å². The van der Waals surface area contributed by atoms with E-state index in [0.29, 0.717) is 21.7 Å². The summed E-state index contributed by atoms with van der Waals surface area (Å²) < 4.78 is 21.6. The first kappa shape index (κ1) is 12.9. The minimum Gasteiger partial charge on any atom is -0.319 e. The first-order valence-electron chi connectivity index (χ1n) is 5.48. The van der Waals surface area contributed by atoms with Crippen molar-refractivity contribution in [2.45, 2.75) is 0 Å². The Bertz CT molecular complexity index is 807. The number of hydrogen-bond acceptors (Lipinski definition) is 5. The van der Waals surface area contributed by atoms with Crippen LogP contribution >= 0.6 is 23.3 Å². The predicted octanol–water partition coefficient (Wildman–Crippen LogP) is 3.13. The van der Waals surface area contributed by atoms with Gasteiger partial charge in [-0.2, -0.15) is 8.75 Å². The molecule has 0 saturated carbocycles. The third kappa shape index (κ3) is 2.21. The quantitative estimate of drug-likeness (QED) is 0.789. The Morgan fingerprint density at radius 2 is 2.15 bits per heavy atom. The zero-order valence-electron chi connectivity index (χ0n) is 9.80. The number of benzene rings is 1. The van der Waals surface area contributed by atoms with Gasteiger partial charge in [0.15, 0.2) is 5.82 Å². The van der Waals surface area contributed by atoms with E-state index < -0.39 is 11.7 Å². The lowest BCUT2D eigenvalue weighted by Crippen LogP contribution is -2.14. The smallest absolute Gasteiger partial charge is 0.258 e. The topological polar surface area (TPSA) is 67.8 Å². The number of aromatic nitrogens is 3. The van der Waals surface area contributed by atoms with Crippen molar-refractivity contribution < 1.29 is 9.18 Å². The van der Waals surface area contributed by atoms with E-state index in [1.807, 2.05) is 0 Å². The average Bonchev–Trinajstić information content (AvgIpc) is 2.91. The van der Waals surface area contributed by atoms with Gasteiger partial charge >= 0.3 is 0 Å². The van der Waals surface area contributed by atoms with Crippen LogP contribution in [0.1, 0.15) is 10.4 Å². The summed E-state index contributed by atoms with van der Waals surface area (Å²) in [6, 6.07) is 4.59. The molecule has 1 N–H and O–H groups in total. The normalized spacial score (nSPS) is 10.7. The van der Waals surface area contributed by atoms with E-state index in [-0.39, 0.29) is 5.56 Å². The maximum atomic E-state index is 13.5. The molecule has 100 valence electrons. The van der Waals surface area contributed by atoms with Crippen molar-refractivity contribution in [1.29, 1.82) is 0 Å². The molecule has 1 amide bonds. The summed E-state index contributed by atoms with van der Waals surface area (Å²) in [4.78, 5) is 15.7. The van der Waals surface area contributed by atoms with Gasteiger partial charge in [-0.3, -0.25) is 9.78 Å². The molecule has 0 bridgehead atoms. The van der Waals surface area contributed by atoms with Gasteiger partial charge in [-0.25, -0.2) is 4.39 Å². The fourth-order valence-electron chi connectivity index (χ4n) is 1.69. The summed E-state index contributed by atoms with van der Waals surface area (Å²) in [5.74, 6) is -1.32. The Morgan fingerprint density at radius 3 is 2.95 bits per heavy atom. The monoisotopic (exact) mass is 308 g/mol. The minimum atomic E-state index is -0.704. The molecule has 2 aromatic heterocycles. The van der Waals surface area contributed by atoms with Gasteiger partial charge in [-0.05, 0) is 18.2 Å². The number of anilines is 1. The van der Waals surface area contributed by atoms with Crippen molar-refractivity contribution in [3.8, 4) is 0 Å². The molecule has 2 heterocycles. The van der Waals surface area contributed by atoms with Crippen LogP contribution in [0.5, 0.6) is 0 Å². The molecule has 0 radical (unpaired) electrons. The molecule has 1 aromatic carbocycles. The molecule has 0 aliphatic heterocycles. The Hall–Kier alpha value is -2.12. The third-order valence-corrected chi connectivity index (χ3v) is 3.49. The lowest BCUT2D eigenvalue weighted by Gasteiger charge is -2.08. The zero-order chi connectivity index (χ0) is 14.1. The summed E-state index contributed by atoms with van der Waals surface area (Å²) in [5.41, 5.74) is 1.30. The molecule has 0 fully saturated rings. The van der Waals surface area contributed by atoms with E-state index in [9.17, 15) is 9.18 Å². The molecule has 5 nitrogen and oxygen atoms in total. The van der Waals surface area contributed by atoms with Crippen LogP contribution in [0.2, 0.25) is 5.02 Å². The molecular formula is C12H6ClFN4OS. The Morgan fingerprint density at radius 1 is 1.30 bits per heavy atom. The van der Waals surface area contributed by atoms with E-state index in [1.165, 1.54) is 12.3 Å². The van der Waals surface area contributed by atoms with Crippen LogP contribution < -0.4 is 5.32 Å². The predicted molar refractivity (Wildman–Crippen MR) is 74.6 cm³/mol. The number of fused-ring (bicyclic) bond motifs is 1. The van der Waals surface area contributed by atoms with Crippen molar-refractivity contribution >= 4 is 46.0 Å². The van der Waals surface area contributed by atoms with Gasteiger partial charge in [-0.15, -0.1) is 0 Å². The maximum absolute atomic E-state index is 13.5. The van der Waals surface area contributed by atoms with E-state index in [1.54, 1.807) is 12.1 Å². The maximum Gasteiger partial charge on any atom is 0.258 e. The van der Waals surface area contributed by atoms with Crippen molar-refractivity contribution in [2.75, 3.05) is 5.32 Å². The molecule has 0 aliphatic carbocycles. The second-order valence-electron chi connectivity index (χ2n) is 3.86. The summed E-state index contributed by atoms with van der Waals surface area (Å²) in [6.07, 6.45) is 2.31. The summed E-state index contributed by atoms with van der Waals surface area (Å²) >= 11 is 7.06. The zero-order valence-corrected chi connectivity index (χ0v) is 11.4. The van der Waals surface area contributed by atoms with E-state index in [2.05, 4.69) is 19.0 Å². The van der Waals surface area contributed by atoms with E-state index in [4.69, 9.17) is 11.6 Å². The second-order valence-corrected chi connectivity index (χ2v) is 4.80. The molecule has 0 aliphatic rings. The lowest BCUT2D eigenvalue weighted by molar-refractivity contribution is 0.102. The van der Waals surface area contributed by atoms with Gasteiger partial charge in [0.2, 0.25) is 0 Å². The number of pyridine rings is 1. The first-order valence-corrected chi connectivity index (χ1v) is 6.59. The Kier molecular flexibility index (Phi) is 3.29. The first-order chi connectivity index (χ1) is 9.66. The number of nitrogens with one attached hydrogen (secondary N) is 1. The van der Waals surface area contributed by atoms with Crippen LogP contribution in [0, 0.1) is 5.82 Å². The molecule has 8 heteroatoms. The summed E-state index contributed by atoms with van der Waals surface area (Å²) in [7, 11) is 0. The molecule has 0 unspecified atom stereocenters. The number of halogens is 2. The van der Waals surface area contributed by atoms with Gasteiger partial charge in [0.1, 0.15) is 11.0 Å². The van der Waals surface area contributed by atoms with Crippen molar-refractivity contribution in [3.63, 3.8) is 0 Å². The van der Waals surface area contributed by atoms with Gasteiger partial charge in [-0.1, -0.05) is 11.6 Å². The molecule has 20 heavy (non-hydrogen) atoms. The summed E-state index contributed by atoms with van der Waals surface area (Å²) in [6.45, 7) is 0. The van der Waals surface area contributed by atoms with Gasteiger partial charge in [0.05, 0.1) is 34.2 Å². The lowest BCUT2D eigenvalue weighted by atomic mass is 10.2. The highest BCUT2D eigenvalue weighted by Gasteiger charge is 2.16. The van der Waals surface area contributed by atoms with Gasteiger partial charge < -0.3 is 5.32 Å². The highest BCUT2D eigenvalue weighted by atomic mass is 35.5. The molecule has 3 rings (SSSR count). The number of amides is 1. The van der Waals surface area contributed by atoms with Crippen molar-refractivity contribution in [2.24, 2.45) is 0 Å². The fourth-order valence-corrected chi connectivity index (χ4v) is 2.43. The van der Waals surface area contributed by atoms with Crippen molar-refractivity contribution in [1.82, 2.24) is 13.7 Å². The van der Waals surface area contributed by atoms with E-state index in [0.717, 1.165) is 17.9 Å². The number of nitrogens with zero attached hydrogens (tertiary/aromatic N) is 3. The fraction of sp³-hybridized carbons (Fsp3) is 0. The third-order valence-electron chi connectivity index (χ3n) is 2.63. The minimum absolute atomic E-state index is 0.115. The molecular weight excluding hydrogens is 303 g/mol. The number of hydrogen-bond donors (Lipinski definition) is 1. The van der Waals surface area contributed by atoms with Crippen molar-refractivity contribution in [3.05, 3.63) is 47.0 Å². The number of carbonyl (C=O) groups is 1. The van der Waals surface area contributed by atoms with Crippen LogP contribution in [0.25, 0.3) is 11.0 Å². The van der Waals surface area contributed by atoms with Crippen LogP contribution in [0.3, 0.4) is 0 Å². The highest BCUT2D eigenvalue weighted by Crippen LogP contribution is 2.30. The number of carbonyl (C=O) groups excluding carboxylic acids is 1. The Balaban J connectivity index is 2.01. The number of rotatable bonds is 2. The van der Waals surface area contributed by atoms with Crippen LogP contribution in [0.15, 0.2) is 30.6 Å². The van der Waals surface area contributed by atoms with Gasteiger partial charge in [0, 0.05) is 6.20 Å². The average molecular weight is 309 g/mol. The van der Waals surface area contributed by atoms with E-state index >= 15 is 0 Å². The highest BCUT2D eigenvalue weighted by molar-refractivity contribution is 7.00. The Labute approximate surface area is 121 Å². The molecule has 3 aromatic rings. The van der Waals surface area contributed by atoms with Crippen LogP contribution in [-0.4, -0.2) is 19.6 Å². The SMILES string of the molecule is O=C(Nc1c(Cl)ccc2nsnc12)c1ccncc1F. The molecule has 0 spiro atoms. The summed E-state index contributed by atoms with van der Waals surface area (Å²) in [5, 5.41) is 2.87.